The zero-order valence-corrected chi connectivity index (χ0v) is 14.2. The molecule has 1 aliphatic carbocycles. The van der Waals surface area contributed by atoms with Gasteiger partial charge in [-0.3, -0.25) is 4.79 Å². The number of amides is 1. The molecule has 1 amide bonds. The van der Waals surface area contributed by atoms with E-state index in [2.05, 4.69) is 31.7 Å². The Kier molecular flexibility index (Phi) is 3.76. The average molecular weight is 405 g/mol. The quantitative estimate of drug-likeness (QED) is 0.803. The van der Waals surface area contributed by atoms with E-state index >= 15 is 0 Å². The molecule has 0 saturated carbocycles. The number of carbonyl (C=O) groups is 1. The number of nitrogens with one attached hydrogen (secondary N) is 2. The molecule has 126 valence electrons. The SMILES string of the molecule is O=C(Nc1ccc(Br)cc1)c1cnn2c1NC(=C1C=C1)C=C2C(F)F. The first-order valence-electron chi connectivity index (χ1n) is 7.37. The van der Waals surface area contributed by atoms with Gasteiger partial charge in [0.1, 0.15) is 17.1 Å². The second-order valence-corrected chi connectivity index (χ2v) is 6.39. The Balaban J connectivity index is 1.67. The van der Waals surface area contributed by atoms with Gasteiger partial charge in [0, 0.05) is 15.9 Å². The van der Waals surface area contributed by atoms with E-state index in [9.17, 15) is 13.6 Å². The van der Waals surface area contributed by atoms with Crippen molar-refractivity contribution in [2.75, 3.05) is 10.6 Å². The summed E-state index contributed by atoms with van der Waals surface area (Å²) in [5.74, 6) is -0.205. The van der Waals surface area contributed by atoms with Crippen LogP contribution >= 0.6 is 15.9 Å². The minimum absolute atomic E-state index is 0.188. The van der Waals surface area contributed by atoms with E-state index in [0.717, 1.165) is 14.7 Å². The molecule has 0 saturated heterocycles. The summed E-state index contributed by atoms with van der Waals surface area (Å²) in [6.45, 7) is 0. The van der Waals surface area contributed by atoms with E-state index in [0.29, 0.717) is 11.4 Å². The topological polar surface area (TPSA) is 59.0 Å². The monoisotopic (exact) mass is 404 g/mol. The molecule has 4 rings (SSSR count). The van der Waals surface area contributed by atoms with Gasteiger partial charge in [0.05, 0.1) is 6.20 Å². The molecule has 0 fully saturated rings. The zero-order chi connectivity index (χ0) is 17.6. The summed E-state index contributed by atoms with van der Waals surface area (Å²) < 4.78 is 28.6. The third-order valence-electron chi connectivity index (χ3n) is 3.77. The molecule has 2 aromatic rings. The molecular weight excluding hydrogens is 394 g/mol. The minimum Gasteiger partial charge on any atom is -0.339 e. The van der Waals surface area contributed by atoms with Crippen molar-refractivity contribution in [3.63, 3.8) is 0 Å². The third kappa shape index (κ3) is 3.00. The van der Waals surface area contributed by atoms with E-state index in [-0.39, 0.29) is 17.1 Å². The summed E-state index contributed by atoms with van der Waals surface area (Å²) in [7, 11) is 0. The maximum Gasteiger partial charge on any atom is 0.280 e. The van der Waals surface area contributed by atoms with E-state index in [1.165, 1.54) is 12.3 Å². The standard InChI is InChI=1S/C17H11BrF2N4O/c18-10-3-5-11(6-4-10)22-17(25)12-8-21-24-14(15(19)20)7-13(9-1-2-9)23-16(12)24/h1-8,15,23H,(H,22,25). The number of allylic oxidation sites excluding steroid dienone is 5. The highest BCUT2D eigenvalue weighted by Gasteiger charge is 2.28. The predicted molar refractivity (Wildman–Crippen MR) is 94.4 cm³/mol. The second-order valence-electron chi connectivity index (χ2n) is 5.48. The fourth-order valence-electron chi connectivity index (χ4n) is 2.47. The minimum atomic E-state index is -2.71. The van der Waals surface area contributed by atoms with Crippen molar-refractivity contribution in [1.29, 1.82) is 0 Å². The summed E-state index contributed by atoms with van der Waals surface area (Å²) in [6.07, 6.45) is 3.51. The van der Waals surface area contributed by atoms with Crippen LogP contribution in [0.15, 0.2) is 64.4 Å². The Morgan fingerprint density at radius 2 is 1.96 bits per heavy atom. The molecule has 2 heterocycles. The lowest BCUT2D eigenvalue weighted by molar-refractivity contribution is 0.102. The fourth-order valence-corrected chi connectivity index (χ4v) is 2.73. The number of halogens is 3. The number of carbonyl (C=O) groups excluding carboxylic acids is 1. The summed E-state index contributed by atoms with van der Waals surface area (Å²) in [5, 5.41) is 9.69. The third-order valence-corrected chi connectivity index (χ3v) is 4.30. The average Bonchev–Trinajstić information content (AvgIpc) is 3.35. The van der Waals surface area contributed by atoms with Crippen LogP contribution in [0.2, 0.25) is 0 Å². The highest BCUT2D eigenvalue weighted by Crippen LogP contribution is 2.34. The Morgan fingerprint density at radius 1 is 1.24 bits per heavy atom. The smallest absolute Gasteiger partial charge is 0.280 e. The van der Waals surface area contributed by atoms with Crippen LogP contribution in [0.25, 0.3) is 5.70 Å². The van der Waals surface area contributed by atoms with E-state index in [4.69, 9.17) is 0 Å². The second kappa shape index (κ2) is 5.96. The summed E-state index contributed by atoms with van der Waals surface area (Å²) in [4.78, 5) is 12.5. The van der Waals surface area contributed by atoms with Crippen molar-refractivity contribution >= 4 is 39.0 Å². The van der Waals surface area contributed by atoms with Gasteiger partial charge < -0.3 is 10.6 Å². The first-order chi connectivity index (χ1) is 12.0. The lowest BCUT2D eigenvalue weighted by atomic mass is 10.2. The van der Waals surface area contributed by atoms with Gasteiger partial charge in [-0.05, 0) is 35.9 Å². The summed E-state index contributed by atoms with van der Waals surface area (Å²) in [5.41, 5.74) is 1.86. The molecule has 0 bridgehead atoms. The normalized spacial score (nSPS) is 15.0. The number of hydrogen-bond acceptors (Lipinski definition) is 3. The van der Waals surface area contributed by atoms with Gasteiger partial charge in [-0.2, -0.15) is 5.10 Å². The molecule has 8 heteroatoms. The van der Waals surface area contributed by atoms with Crippen LogP contribution < -0.4 is 10.6 Å². The van der Waals surface area contributed by atoms with Gasteiger partial charge in [0.2, 0.25) is 0 Å². The predicted octanol–water partition coefficient (Wildman–Crippen LogP) is 4.25. The van der Waals surface area contributed by atoms with Crippen molar-refractivity contribution in [2.45, 2.75) is 6.43 Å². The Labute approximate surface area is 149 Å². The number of rotatable bonds is 3. The van der Waals surface area contributed by atoms with Gasteiger partial charge in [0.15, 0.2) is 0 Å². The molecule has 2 N–H and O–H groups in total. The van der Waals surface area contributed by atoms with Gasteiger partial charge in [0.25, 0.3) is 12.3 Å². The van der Waals surface area contributed by atoms with Crippen molar-refractivity contribution in [2.24, 2.45) is 0 Å². The summed E-state index contributed by atoms with van der Waals surface area (Å²) in [6, 6.07) is 7.05. The molecule has 1 aromatic heterocycles. The van der Waals surface area contributed by atoms with E-state index < -0.39 is 12.3 Å². The van der Waals surface area contributed by atoms with Crippen LogP contribution in [0.5, 0.6) is 0 Å². The number of nitrogens with zero attached hydrogens (tertiary/aromatic N) is 2. The highest BCUT2D eigenvalue weighted by atomic mass is 79.9. The van der Waals surface area contributed by atoms with Gasteiger partial charge in [-0.15, -0.1) is 0 Å². The molecule has 0 radical (unpaired) electrons. The summed E-state index contributed by atoms with van der Waals surface area (Å²) >= 11 is 3.32. The molecule has 1 aliphatic heterocycles. The van der Waals surface area contributed by atoms with Crippen molar-refractivity contribution in [3.05, 3.63) is 70.0 Å². The van der Waals surface area contributed by atoms with E-state index in [1.807, 2.05) is 0 Å². The van der Waals surface area contributed by atoms with Crippen LogP contribution in [0.3, 0.4) is 0 Å². The van der Waals surface area contributed by atoms with Crippen molar-refractivity contribution < 1.29 is 13.6 Å². The zero-order valence-electron chi connectivity index (χ0n) is 12.6. The van der Waals surface area contributed by atoms with Crippen LogP contribution in [0, 0.1) is 0 Å². The van der Waals surface area contributed by atoms with Crippen LogP contribution in [0.4, 0.5) is 20.3 Å². The molecule has 0 atom stereocenters. The number of benzene rings is 1. The molecular formula is C17H11BrF2N4O. The number of aromatic nitrogens is 2. The number of alkyl halides is 2. The maximum atomic E-state index is 13.3. The van der Waals surface area contributed by atoms with Crippen molar-refractivity contribution in [1.82, 2.24) is 9.78 Å². The van der Waals surface area contributed by atoms with Gasteiger partial charge in [-0.1, -0.05) is 28.1 Å². The Hall–Kier alpha value is -2.74. The molecule has 0 unspecified atom stereocenters. The molecule has 5 nitrogen and oxygen atoms in total. The first-order valence-corrected chi connectivity index (χ1v) is 8.16. The van der Waals surface area contributed by atoms with Crippen LogP contribution in [0.1, 0.15) is 10.4 Å². The van der Waals surface area contributed by atoms with Gasteiger partial charge >= 0.3 is 0 Å². The molecule has 2 aliphatic rings. The molecule has 25 heavy (non-hydrogen) atoms. The first kappa shape index (κ1) is 15.8. The number of fused-ring (bicyclic) bond motifs is 1. The lowest BCUT2D eigenvalue weighted by Gasteiger charge is -2.20. The highest BCUT2D eigenvalue weighted by molar-refractivity contribution is 9.10. The fraction of sp³-hybridized carbons (Fsp3) is 0.0588. The van der Waals surface area contributed by atoms with E-state index in [1.54, 1.807) is 36.4 Å². The van der Waals surface area contributed by atoms with Crippen LogP contribution in [-0.2, 0) is 0 Å². The van der Waals surface area contributed by atoms with Crippen molar-refractivity contribution in [3.8, 4) is 0 Å². The number of hydrogen-bond donors (Lipinski definition) is 2. The number of anilines is 2. The van der Waals surface area contributed by atoms with Gasteiger partial charge in [-0.25, -0.2) is 13.5 Å². The lowest BCUT2D eigenvalue weighted by Crippen LogP contribution is -2.20. The molecule has 1 aromatic carbocycles. The Morgan fingerprint density at radius 3 is 2.60 bits per heavy atom. The molecule has 0 spiro atoms. The van der Waals surface area contributed by atoms with Crippen LogP contribution in [-0.4, -0.2) is 22.1 Å². The maximum absolute atomic E-state index is 13.3. The largest absolute Gasteiger partial charge is 0.339 e. The Bertz CT molecular complexity index is 950.